The Balaban J connectivity index is 2.36. The lowest BCUT2D eigenvalue weighted by atomic mass is 9.76. The van der Waals surface area contributed by atoms with E-state index in [0.29, 0.717) is 28.9 Å². The Bertz CT molecular complexity index is 913. The molecule has 3 rings (SSSR count). The third-order valence-corrected chi connectivity index (χ3v) is 7.40. The summed E-state index contributed by atoms with van der Waals surface area (Å²) in [6, 6.07) is 16.7. The summed E-state index contributed by atoms with van der Waals surface area (Å²) in [6.07, 6.45) is 3.09. The van der Waals surface area contributed by atoms with Crippen LogP contribution in [-0.2, 0) is 9.84 Å². The minimum atomic E-state index is -3.50. The first-order chi connectivity index (χ1) is 12.4. The molecule has 1 atom stereocenters. The molecule has 1 aliphatic heterocycles. The van der Waals surface area contributed by atoms with Crippen molar-refractivity contribution in [2.75, 3.05) is 5.75 Å². The first-order valence-corrected chi connectivity index (χ1v) is 10.9. The van der Waals surface area contributed by atoms with E-state index in [9.17, 15) is 13.5 Å². The van der Waals surface area contributed by atoms with Crippen LogP contribution in [0.25, 0.3) is 5.57 Å². The summed E-state index contributed by atoms with van der Waals surface area (Å²) in [7, 11) is -3.50. The molecular formula is C22H26O3S. The second kappa shape index (κ2) is 7.28. The molecule has 0 bridgehead atoms. The third kappa shape index (κ3) is 3.18. The summed E-state index contributed by atoms with van der Waals surface area (Å²) in [5.41, 5.74) is 1.35. The van der Waals surface area contributed by atoms with Crippen LogP contribution in [0.15, 0.2) is 65.3 Å². The van der Waals surface area contributed by atoms with Gasteiger partial charge in [-0.25, -0.2) is 8.42 Å². The normalized spacial score (nSPS) is 21.9. The van der Waals surface area contributed by atoms with E-state index in [2.05, 4.69) is 6.92 Å². The van der Waals surface area contributed by atoms with Crippen LogP contribution in [0.3, 0.4) is 0 Å². The van der Waals surface area contributed by atoms with E-state index in [-0.39, 0.29) is 11.5 Å². The number of allylic oxidation sites excluding steroid dienone is 1. The van der Waals surface area contributed by atoms with Gasteiger partial charge in [0.15, 0.2) is 9.84 Å². The molecule has 2 aromatic carbocycles. The van der Waals surface area contributed by atoms with Crippen LogP contribution in [0.5, 0.6) is 0 Å². The van der Waals surface area contributed by atoms with Gasteiger partial charge < -0.3 is 5.11 Å². The molecule has 0 unspecified atom stereocenters. The number of rotatable bonds is 5. The van der Waals surface area contributed by atoms with Crippen molar-refractivity contribution in [3.8, 4) is 0 Å². The van der Waals surface area contributed by atoms with Gasteiger partial charge in [-0.1, -0.05) is 75.2 Å². The Hall–Kier alpha value is -2.07. The maximum absolute atomic E-state index is 13.2. The van der Waals surface area contributed by atoms with E-state index >= 15 is 0 Å². The van der Waals surface area contributed by atoms with Crippen LogP contribution in [0, 0.1) is 5.41 Å². The SMILES string of the molecule is CCCC[C@]1(CC)CS(=O)(=O)c2ccccc2C(c2ccccc2)=C1O. The number of aliphatic hydroxyl groups excluding tert-OH is 1. The van der Waals surface area contributed by atoms with Crippen LogP contribution in [0.4, 0.5) is 0 Å². The van der Waals surface area contributed by atoms with Crippen molar-refractivity contribution in [3.63, 3.8) is 0 Å². The zero-order chi connectivity index (χ0) is 18.8. The second-order valence-electron chi connectivity index (χ2n) is 7.08. The Labute approximate surface area is 156 Å². The van der Waals surface area contributed by atoms with Gasteiger partial charge in [-0.05, 0) is 24.5 Å². The van der Waals surface area contributed by atoms with E-state index < -0.39 is 15.3 Å². The Morgan fingerprint density at radius 1 is 1.00 bits per heavy atom. The minimum absolute atomic E-state index is 0.0460. The summed E-state index contributed by atoms with van der Waals surface area (Å²) in [4.78, 5) is 0.317. The average Bonchev–Trinajstić information content (AvgIpc) is 2.73. The average molecular weight is 371 g/mol. The highest BCUT2D eigenvalue weighted by atomic mass is 32.2. The zero-order valence-corrected chi connectivity index (χ0v) is 16.2. The maximum Gasteiger partial charge on any atom is 0.179 e. The fourth-order valence-electron chi connectivity index (χ4n) is 3.90. The van der Waals surface area contributed by atoms with E-state index in [1.54, 1.807) is 18.2 Å². The molecule has 1 aliphatic rings. The van der Waals surface area contributed by atoms with Crippen molar-refractivity contribution in [2.24, 2.45) is 5.41 Å². The molecular weight excluding hydrogens is 344 g/mol. The molecule has 0 saturated carbocycles. The lowest BCUT2D eigenvalue weighted by Crippen LogP contribution is -2.31. The lowest BCUT2D eigenvalue weighted by Gasteiger charge is -2.32. The van der Waals surface area contributed by atoms with E-state index in [1.165, 1.54) is 0 Å². The Morgan fingerprint density at radius 2 is 1.65 bits per heavy atom. The quantitative estimate of drug-likeness (QED) is 0.769. The standard InChI is InChI=1S/C22H26O3S/c1-3-5-15-22(4-2)16-26(24,25)19-14-10-9-13-18(19)20(21(22)23)17-11-7-6-8-12-17/h6-14,23H,3-5,15-16H2,1-2H3/t22-/m1/s1. The monoisotopic (exact) mass is 370 g/mol. The molecule has 26 heavy (non-hydrogen) atoms. The molecule has 138 valence electrons. The van der Waals surface area contributed by atoms with E-state index in [0.717, 1.165) is 18.4 Å². The van der Waals surface area contributed by atoms with Crippen molar-refractivity contribution < 1.29 is 13.5 Å². The zero-order valence-electron chi connectivity index (χ0n) is 15.4. The summed E-state index contributed by atoms with van der Waals surface area (Å²) in [6.45, 7) is 4.06. The van der Waals surface area contributed by atoms with Crippen LogP contribution in [0.1, 0.15) is 50.7 Å². The van der Waals surface area contributed by atoms with Gasteiger partial charge in [0.2, 0.25) is 0 Å². The number of sulfone groups is 1. The molecule has 1 heterocycles. The van der Waals surface area contributed by atoms with Crippen molar-refractivity contribution in [1.29, 1.82) is 0 Å². The van der Waals surface area contributed by atoms with Gasteiger partial charge in [-0.2, -0.15) is 0 Å². The van der Waals surface area contributed by atoms with Gasteiger partial charge in [0.25, 0.3) is 0 Å². The summed E-state index contributed by atoms with van der Waals surface area (Å²) in [5.74, 6) is 0.170. The van der Waals surface area contributed by atoms with Crippen molar-refractivity contribution >= 4 is 15.4 Å². The smallest absolute Gasteiger partial charge is 0.179 e. The number of hydrogen-bond acceptors (Lipinski definition) is 3. The fraction of sp³-hybridized carbons (Fsp3) is 0.364. The van der Waals surface area contributed by atoms with Crippen LogP contribution >= 0.6 is 0 Å². The van der Waals surface area contributed by atoms with Gasteiger partial charge in [-0.3, -0.25) is 0 Å². The number of hydrogen-bond donors (Lipinski definition) is 1. The molecule has 0 amide bonds. The number of fused-ring (bicyclic) bond motifs is 1. The predicted octanol–water partition coefficient (Wildman–Crippen LogP) is 5.38. The molecule has 0 aliphatic carbocycles. The molecule has 0 saturated heterocycles. The maximum atomic E-state index is 13.2. The lowest BCUT2D eigenvalue weighted by molar-refractivity contribution is 0.218. The van der Waals surface area contributed by atoms with Crippen LogP contribution in [0.2, 0.25) is 0 Å². The predicted molar refractivity (Wildman–Crippen MR) is 106 cm³/mol. The van der Waals surface area contributed by atoms with Gasteiger partial charge in [0, 0.05) is 16.6 Å². The number of unbranched alkanes of at least 4 members (excludes halogenated alkanes) is 1. The summed E-state index contributed by atoms with van der Waals surface area (Å²) >= 11 is 0. The Kier molecular flexibility index (Phi) is 5.24. The molecule has 4 heteroatoms. The molecule has 0 aromatic heterocycles. The fourth-order valence-corrected chi connectivity index (χ4v) is 6.06. The highest BCUT2D eigenvalue weighted by Gasteiger charge is 2.43. The number of benzene rings is 2. The van der Waals surface area contributed by atoms with Crippen molar-refractivity contribution in [1.82, 2.24) is 0 Å². The first kappa shape index (κ1) is 18.7. The molecule has 3 nitrogen and oxygen atoms in total. The number of aliphatic hydroxyl groups is 1. The first-order valence-electron chi connectivity index (χ1n) is 9.26. The van der Waals surface area contributed by atoms with E-state index in [4.69, 9.17) is 0 Å². The molecule has 0 radical (unpaired) electrons. The summed E-state index contributed by atoms with van der Waals surface area (Å²) in [5, 5.41) is 11.4. The van der Waals surface area contributed by atoms with Crippen LogP contribution in [-0.4, -0.2) is 19.3 Å². The third-order valence-electron chi connectivity index (χ3n) is 5.45. The van der Waals surface area contributed by atoms with Crippen molar-refractivity contribution in [3.05, 3.63) is 71.5 Å². The van der Waals surface area contributed by atoms with Crippen molar-refractivity contribution in [2.45, 2.75) is 44.4 Å². The molecule has 0 fully saturated rings. The van der Waals surface area contributed by atoms with Crippen LogP contribution < -0.4 is 0 Å². The molecule has 0 spiro atoms. The van der Waals surface area contributed by atoms with Gasteiger partial charge in [-0.15, -0.1) is 0 Å². The highest BCUT2D eigenvalue weighted by molar-refractivity contribution is 7.91. The topological polar surface area (TPSA) is 54.4 Å². The Morgan fingerprint density at radius 3 is 2.31 bits per heavy atom. The molecule has 1 N–H and O–H groups in total. The molecule has 2 aromatic rings. The largest absolute Gasteiger partial charge is 0.511 e. The second-order valence-corrected chi connectivity index (χ2v) is 9.04. The van der Waals surface area contributed by atoms with Gasteiger partial charge in [0.1, 0.15) is 5.76 Å². The highest BCUT2D eigenvalue weighted by Crippen LogP contribution is 2.47. The van der Waals surface area contributed by atoms with Gasteiger partial charge in [0.05, 0.1) is 10.6 Å². The summed E-state index contributed by atoms with van der Waals surface area (Å²) < 4.78 is 26.4. The van der Waals surface area contributed by atoms with Gasteiger partial charge >= 0.3 is 0 Å². The minimum Gasteiger partial charge on any atom is -0.511 e. The van der Waals surface area contributed by atoms with E-state index in [1.807, 2.05) is 43.3 Å².